The third-order valence-corrected chi connectivity index (χ3v) is 4.66. The van der Waals surface area contributed by atoms with Gasteiger partial charge in [-0.2, -0.15) is 0 Å². The van der Waals surface area contributed by atoms with E-state index in [9.17, 15) is 4.79 Å². The Morgan fingerprint density at radius 1 is 1.04 bits per heavy atom. The predicted octanol–water partition coefficient (Wildman–Crippen LogP) is 3.55. The van der Waals surface area contributed by atoms with Crippen LogP contribution in [-0.4, -0.2) is 15.9 Å². The molecule has 3 rings (SSSR count). The number of pyridine rings is 2. The molecule has 0 spiro atoms. The molecule has 0 aliphatic carbocycles. The molecule has 7 heteroatoms. The molecule has 6 nitrogen and oxygen atoms in total. The molecular weight excluding hydrogens is 443 g/mol. The smallest absolute Gasteiger partial charge is 0.278 e. The lowest BCUT2D eigenvalue weighted by molar-refractivity contribution is 0.0232. The molecule has 0 aliphatic heterocycles. The van der Waals surface area contributed by atoms with Crippen LogP contribution in [0.2, 0.25) is 0 Å². The molecule has 0 saturated heterocycles. The topological polar surface area (TPSA) is 76.1 Å². The van der Waals surface area contributed by atoms with Crippen LogP contribution in [0.5, 0.6) is 0 Å². The van der Waals surface area contributed by atoms with Crippen LogP contribution >= 0.6 is 22.6 Å². The lowest BCUT2D eigenvalue weighted by Crippen LogP contribution is -2.25. The summed E-state index contributed by atoms with van der Waals surface area (Å²) in [5.41, 5.74) is 4.96. The Kier molecular flexibility index (Phi) is 6.50. The van der Waals surface area contributed by atoms with E-state index in [-0.39, 0.29) is 5.91 Å². The lowest BCUT2D eigenvalue weighted by Gasteiger charge is -2.11. The number of halogens is 1. The van der Waals surface area contributed by atoms with Crippen LogP contribution in [-0.2, 0) is 18.0 Å². The molecular formula is C19H17IN4O2. The average molecular weight is 460 g/mol. The quantitative estimate of drug-likeness (QED) is 0.417. The fraction of sp³-hybridized carbons (Fsp3) is 0.105. The van der Waals surface area contributed by atoms with Crippen molar-refractivity contribution in [3.8, 4) is 0 Å². The number of anilines is 1. The highest BCUT2D eigenvalue weighted by molar-refractivity contribution is 14.1. The summed E-state index contributed by atoms with van der Waals surface area (Å²) >= 11 is 2.23. The number of nitrogens with zero attached hydrogens (tertiary/aromatic N) is 2. The van der Waals surface area contributed by atoms with E-state index in [1.165, 1.54) is 0 Å². The molecule has 1 amide bonds. The number of hydrogen-bond donors (Lipinski definition) is 2. The molecule has 2 heterocycles. The Morgan fingerprint density at radius 2 is 1.85 bits per heavy atom. The zero-order chi connectivity index (χ0) is 18.2. The molecule has 2 N–H and O–H groups in total. The van der Waals surface area contributed by atoms with Gasteiger partial charge in [-0.15, -0.1) is 0 Å². The van der Waals surface area contributed by atoms with Crippen LogP contribution in [0.4, 0.5) is 5.82 Å². The second kappa shape index (κ2) is 9.25. The van der Waals surface area contributed by atoms with Crippen molar-refractivity contribution in [1.29, 1.82) is 0 Å². The number of rotatable bonds is 7. The van der Waals surface area contributed by atoms with E-state index in [2.05, 4.69) is 43.4 Å². The fourth-order valence-corrected chi connectivity index (χ4v) is 2.81. The SMILES string of the molecule is O=C(NOCc1ccccc1I)c1cccnc1NCc1ccncc1. The number of carbonyl (C=O) groups excluding carboxylic acids is 1. The van der Waals surface area contributed by atoms with Gasteiger partial charge in [-0.25, -0.2) is 10.5 Å². The normalized spacial score (nSPS) is 10.3. The maximum atomic E-state index is 12.4. The zero-order valence-corrected chi connectivity index (χ0v) is 16.0. The van der Waals surface area contributed by atoms with E-state index in [0.29, 0.717) is 24.5 Å². The summed E-state index contributed by atoms with van der Waals surface area (Å²) in [5.74, 6) is 0.154. The van der Waals surface area contributed by atoms with Gasteiger partial charge in [-0.3, -0.25) is 14.6 Å². The van der Waals surface area contributed by atoms with Crippen LogP contribution in [0, 0.1) is 3.57 Å². The minimum absolute atomic E-state index is 0.297. The third-order valence-electron chi connectivity index (χ3n) is 3.61. The maximum Gasteiger partial charge on any atom is 0.278 e. The maximum absolute atomic E-state index is 12.4. The van der Waals surface area contributed by atoms with Crippen molar-refractivity contribution in [2.45, 2.75) is 13.2 Å². The summed E-state index contributed by atoms with van der Waals surface area (Å²) in [6.45, 7) is 0.841. The van der Waals surface area contributed by atoms with E-state index < -0.39 is 0 Å². The van der Waals surface area contributed by atoms with Crippen LogP contribution in [0.1, 0.15) is 21.5 Å². The number of benzene rings is 1. The number of aromatic nitrogens is 2. The Labute approximate surface area is 165 Å². The fourth-order valence-electron chi connectivity index (χ4n) is 2.27. The van der Waals surface area contributed by atoms with Crippen molar-refractivity contribution in [2.24, 2.45) is 0 Å². The first-order chi connectivity index (χ1) is 12.7. The van der Waals surface area contributed by atoms with Gasteiger partial charge in [0.05, 0.1) is 5.56 Å². The largest absolute Gasteiger partial charge is 0.365 e. The van der Waals surface area contributed by atoms with Gasteiger partial charge in [0.25, 0.3) is 5.91 Å². The van der Waals surface area contributed by atoms with Gasteiger partial charge in [0.1, 0.15) is 12.4 Å². The second-order valence-corrected chi connectivity index (χ2v) is 6.58. The van der Waals surface area contributed by atoms with Crippen molar-refractivity contribution < 1.29 is 9.63 Å². The predicted molar refractivity (Wildman–Crippen MR) is 107 cm³/mol. The molecule has 0 saturated carbocycles. The summed E-state index contributed by atoms with van der Waals surface area (Å²) in [5, 5.41) is 3.17. The Balaban J connectivity index is 1.59. The second-order valence-electron chi connectivity index (χ2n) is 5.42. The van der Waals surface area contributed by atoms with Crippen molar-refractivity contribution in [3.63, 3.8) is 0 Å². The summed E-state index contributed by atoms with van der Waals surface area (Å²) in [4.78, 5) is 26.0. The molecule has 0 aliphatic rings. The Hall–Kier alpha value is -2.52. The van der Waals surface area contributed by atoms with Crippen molar-refractivity contribution in [2.75, 3.05) is 5.32 Å². The first kappa shape index (κ1) is 18.3. The number of nitrogens with one attached hydrogen (secondary N) is 2. The molecule has 2 aromatic heterocycles. The standard InChI is InChI=1S/C19H17IN4O2/c20-17-6-2-1-4-15(17)13-26-24-19(25)16-5-3-9-22-18(16)23-12-14-7-10-21-11-8-14/h1-11H,12-13H2,(H,22,23)(H,24,25). The van der Waals surface area contributed by atoms with Crippen molar-refractivity contribution in [1.82, 2.24) is 15.4 Å². The Bertz CT molecular complexity index is 874. The number of carbonyl (C=O) groups is 1. The van der Waals surface area contributed by atoms with Crippen LogP contribution < -0.4 is 10.8 Å². The van der Waals surface area contributed by atoms with E-state index in [4.69, 9.17) is 4.84 Å². The number of hydroxylamine groups is 1. The van der Waals surface area contributed by atoms with Gasteiger partial charge in [0.2, 0.25) is 0 Å². The molecule has 26 heavy (non-hydrogen) atoms. The molecule has 3 aromatic rings. The molecule has 0 radical (unpaired) electrons. The molecule has 132 valence electrons. The minimum atomic E-state index is -0.346. The average Bonchev–Trinajstić information content (AvgIpc) is 2.69. The highest BCUT2D eigenvalue weighted by atomic mass is 127. The van der Waals surface area contributed by atoms with Gasteiger partial charge in [-0.1, -0.05) is 18.2 Å². The molecule has 0 bridgehead atoms. The lowest BCUT2D eigenvalue weighted by atomic mass is 10.2. The molecule has 0 unspecified atom stereocenters. The van der Waals surface area contributed by atoms with Crippen molar-refractivity contribution >= 4 is 34.3 Å². The van der Waals surface area contributed by atoms with E-state index in [0.717, 1.165) is 14.7 Å². The van der Waals surface area contributed by atoms with Gasteiger partial charge < -0.3 is 5.32 Å². The van der Waals surface area contributed by atoms with Crippen LogP contribution in [0.25, 0.3) is 0 Å². The van der Waals surface area contributed by atoms with Gasteiger partial charge in [-0.05, 0) is 64.0 Å². The van der Waals surface area contributed by atoms with Crippen molar-refractivity contribution in [3.05, 3.63) is 87.4 Å². The minimum Gasteiger partial charge on any atom is -0.365 e. The van der Waals surface area contributed by atoms with E-state index >= 15 is 0 Å². The zero-order valence-electron chi connectivity index (χ0n) is 13.9. The number of hydrogen-bond acceptors (Lipinski definition) is 5. The molecule has 0 fully saturated rings. The summed E-state index contributed by atoms with van der Waals surface area (Å²) in [7, 11) is 0. The Morgan fingerprint density at radius 3 is 2.65 bits per heavy atom. The summed E-state index contributed by atoms with van der Waals surface area (Å²) < 4.78 is 1.08. The highest BCUT2D eigenvalue weighted by Crippen LogP contribution is 2.14. The third kappa shape index (κ3) is 4.99. The first-order valence-electron chi connectivity index (χ1n) is 7.97. The molecule has 0 atom stereocenters. The monoisotopic (exact) mass is 460 g/mol. The van der Waals surface area contributed by atoms with Crippen LogP contribution in [0.15, 0.2) is 67.1 Å². The molecule has 1 aromatic carbocycles. The van der Waals surface area contributed by atoms with Gasteiger partial charge >= 0.3 is 0 Å². The first-order valence-corrected chi connectivity index (χ1v) is 9.05. The van der Waals surface area contributed by atoms with Gasteiger partial charge in [0.15, 0.2) is 0 Å². The van der Waals surface area contributed by atoms with Gasteiger partial charge in [0, 0.05) is 28.7 Å². The van der Waals surface area contributed by atoms with E-state index in [1.54, 1.807) is 30.7 Å². The van der Waals surface area contributed by atoms with E-state index in [1.807, 2.05) is 36.4 Å². The summed E-state index contributed by atoms with van der Waals surface area (Å²) in [6.07, 6.45) is 5.09. The highest BCUT2D eigenvalue weighted by Gasteiger charge is 2.12. The number of amides is 1. The summed E-state index contributed by atoms with van der Waals surface area (Å²) in [6, 6.07) is 15.1. The van der Waals surface area contributed by atoms with Crippen LogP contribution in [0.3, 0.4) is 0 Å².